The fourth-order valence-electron chi connectivity index (χ4n) is 2.84. The van der Waals surface area contributed by atoms with E-state index >= 15 is 0 Å². The molecule has 4 heteroatoms. The molecule has 1 aromatic carbocycles. The number of pyridine rings is 1. The van der Waals surface area contributed by atoms with Crippen LogP contribution in [0.4, 0.5) is 0 Å². The summed E-state index contributed by atoms with van der Waals surface area (Å²) in [6.45, 7) is 8.93. The summed E-state index contributed by atoms with van der Waals surface area (Å²) in [5, 5.41) is 3.12. The molecule has 1 heterocycles. The van der Waals surface area contributed by atoms with Gasteiger partial charge in [0, 0.05) is 25.2 Å². The fourth-order valence-corrected chi connectivity index (χ4v) is 2.84. The van der Waals surface area contributed by atoms with Crippen LogP contribution in [0.15, 0.2) is 53.5 Å². The van der Waals surface area contributed by atoms with Gasteiger partial charge < -0.3 is 9.88 Å². The average Bonchev–Trinajstić information content (AvgIpc) is 2.59. The van der Waals surface area contributed by atoms with Gasteiger partial charge in [-0.2, -0.15) is 0 Å². The van der Waals surface area contributed by atoms with E-state index in [2.05, 4.69) is 57.3 Å². The molecule has 0 saturated carbocycles. The third-order valence-corrected chi connectivity index (χ3v) is 4.42. The minimum Gasteiger partial charge on any atom is -0.349 e. The largest absolute Gasteiger partial charge is 0.349 e. The summed E-state index contributed by atoms with van der Waals surface area (Å²) in [6.07, 6.45) is 2.00. The lowest BCUT2D eigenvalue weighted by Crippen LogP contribution is -2.33. The molecule has 0 bridgehead atoms. The maximum atomic E-state index is 12.4. The van der Waals surface area contributed by atoms with Crippen LogP contribution < -0.4 is 10.9 Å². The van der Waals surface area contributed by atoms with E-state index in [-0.39, 0.29) is 29.8 Å². The molecular weight excluding hydrogens is 312 g/mol. The van der Waals surface area contributed by atoms with Crippen LogP contribution in [0, 0.1) is 5.92 Å². The van der Waals surface area contributed by atoms with Crippen molar-refractivity contribution in [1.29, 1.82) is 0 Å². The van der Waals surface area contributed by atoms with E-state index in [0.29, 0.717) is 12.5 Å². The van der Waals surface area contributed by atoms with E-state index in [4.69, 9.17) is 0 Å². The molecule has 0 fully saturated rings. The van der Waals surface area contributed by atoms with E-state index in [9.17, 15) is 9.59 Å². The molecule has 0 aliphatic rings. The Morgan fingerprint density at radius 2 is 1.64 bits per heavy atom. The zero-order valence-corrected chi connectivity index (χ0v) is 15.5. The average molecular weight is 340 g/mol. The van der Waals surface area contributed by atoms with Crippen molar-refractivity contribution in [3.8, 4) is 0 Å². The Balaban J connectivity index is 2.02. The highest BCUT2D eigenvalue weighted by atomic mass is 16.2. The Labute approximate surface area is 149 Å². The van der Waals surface area contributed by atoms with Gasteiger partial charge >= 0.3 is 0 Å². The number of hydrogen-bond donors (Lipinski definition) is 1. The Morgan fingerprint density at radius 3 is 2.20 bits per heavy atom. The maximum absolute atomic E-state index is 12.4. The molecule has 1 atom stereocenters. The van der Waals surface area contributed by atoms with Crippen molar-refractivity contribution < 1.29 is 4.79 Å². The number of rotatable bonds is 7. The van der Waals surface area contributed by atoms with Gasteiger partial charge in [-0.15, -0.1) is 0 Å². The Bertz CT molecular complexity index is 745. The summed E-state index contributed by atoms with van der Waals surface area (Å²) in [4.78, 5) is 24.1. The predicted molar refractivity (Wildman–Crippen MR) is 102 cm³/mol. The molecule has 4 nitrogen and oxygen atoms in total. The number of benzene rings is 1. The van der Waals surface area contributed by atoms with Crippen LogP contribution in [0.3, 0.4) is 0 Å². The number of carbonyl (C=O) groups is 1. The molecule has 0 aliphatic carbocycles. The molecule has 1 amide bonds. The van der Waals surface area contributed by atoms with E-state index in [1.807, 2.05) is 0 Å². The molecule has 1 N–H and O–H groups in total. The predicted octanol–water partition coefficient (Wildman–Crippen LogP) is 3.88. The van der Waals surface area contributed by atoms with E-state index < -0.39 is 0 Å². The van der Waals surface area contributed by atoms with E-state index in [1.165, 1.54) is 11.6 Å². The summed E-state index contributed by atoms with van der Waals surface area (Å²) < 4.78 is 1.56. The first-order chi connectivity index (χ1) is 11.9. The second-order valence-corrected chi connectivity index (χ2v) is 7.09. The van der Waals surface area contributed by atoms with Crippen LogP contribution in [0.25, 0.3) is 0 Å². The SMILES string of the molecule is CC(C)c1ccc(C(NC(=O)CCn2ccccc2=O)C(C)C)cc1. The van der Waals surface area contributed by atoms with Gasteiger partial charge in [-0.25, -0.2) is 0 Å². The highest BCUT2D eigenvalue weighted by molar-refractivity contribution is 5.76. The van der Waals surface area contributed by atoms with E-state index in [0.717, 1.165) is 5.56 Å². The first-order valence-electron chi connectivity index (χ1n) is 8.93. The number of aromatic nitrogens is 1. The second-order valence-electron chi connectivity index (χ2n) is 7.09. The van der Waals surface area contributed by atoms with Crippen molar-refractivity contribution in [2.75, 3.05) is 0 Å². The van der Waals surface area contributed by atoms with Crippen LogP contribution in [0.5, 0.6) is 0 Å². The molecule has 0 spiro atoms. The van der Waals surface area contributed by atoms with Crippen LogP contribution in [0.1, 0.15) is 57.2 Å². The number of nitrogens with one attached hydrogen (secondary N) is 1. The Morgan fingerprint density at radius 1 is 1.00 bits per heavy atom. The smallest absolute Gasteiger partial charge is 0.250 e. The monoisotopic (exact) mass is 340 g/mol. The van der Waals surface area contributed by atoms with Gasteiger partial charge in [0.15, 0.2) is 0 Å². The van der Waals surface area contributed by atoms with Gasteiger partial charge in [0.1, 0.15) is 0 Å². The Kier molecular flexibility index (Phi) is 6.57. The summed E-state index contributed by atoms with van der Waals surface area (Å²) in [7, 11) is 0. The molecule has 134 valence electrons. The van der Waals surface area contributed by atoms with Crippen molar-refractivity contribution in [1.82, 2.24) is 9.88 Å². The lowest BCUT2D eigenvalue weighted by Gasteiger charge is -2.23. The minimum atomic E-state index is -0.0833. The molecule has 25 heavy (non-hydrogen) atoms. The van der Waals surface area contributed by atoms with Crippen molar-refractivity contribution in [3.63, 3.8) is 0 Å². The van der Waals surface area contributed by atoms with Crippen LogP contribution in [-0.2, 0) is 11.3 Å². The number of hydrogen-bond acceptors (Lipinski definition) is 2. The van der Waals surface area contributed by atoms with Crippen molar-refractivity contribution in [2.24, 2.45) is 5.92 Å². The molecule has 2 rings (SSSR count). The summed E-state index contributed by atoms with van der Waals surface area (Å²) in [5.74, 6) is 0.737. The van der Waals surface area contributed by atoms with E-state index in [1.54, 1.807) is 22.9 Å². The fraction of sp³-hybridized carbons (Fsp3) is 0.429. The summed E-state index contributed by atoms with van der Waals surface area (Å²) in [5.41, 5.74) is 2.32. The third kappa shape index (κ3) is 5.31. The number of carbonyl (C=O) groups excluding carboxylic acids is 1. The van der Waals surface area contributed by atoms with Crippen molar-refractivity contribution in [2.45, 2.75) is 52.6 Å². The first kappa shape index (κ1) is 19.0. The number of aryl methyl sites for hydroxylation is 1. The van der Waals surface area contributed by atoms with Gasteiger partial charge in [0.25, 0.3) is 5.56 Å². The van der Waals surface area contributed by atoms with Crippen LogP contribution >= 0.6 is 0 Å². The van der Waals surface area contributed by atoms with Gasteiger partial charge in [0.2, 0.25) is 5.91 Å². The normalized spacial score (nSPS) is 12.4. The zero-order valence-electron chi connectivity index (χ0n) is 15.5. The molecule has 0 aliphatic heterocycles. The minimum absolute atomic E-state index is 0.0267. The number of amides is 1. The van der Waals surface area contributed by atoms with Gasteiger partial charge in [-0.1, -0.05) is 58.0 Å². The van der Waals surface area contributed by atoms with Gasteiger partial charge in [-0.3, -0.25) is 9.59 Å². The highest BCUT2D eigenvalue weighted by Gasteiger charge is 2.18. The molecule has 0 saturated heterocycles. The zero-order chi connectivity index (χ0) is 18.4. The maximum Gasteiger partial charge on any atom is 0.250 e. The highest BCUT2D eigenvalue weighted by Crippen LogP contribution is 2.24. The van der Waals surface area contributed by atoms with Crippen molar-refractivity contribution >= 4 is 5.91 Å². The number of nitrogens with zero attached hydrogens (tertiary/aromatic N) is 1. The molecule has 1 aromatic heterocycles. The van der Waals surface area contributed by atoms with Crippen LogP contribution in [-0.4, -0.2) is 10.5 Å². The van der Waals surface area contributed by atoms with Gasteiger partial charge in [-0.05, 0) is 29.0 Å². The quantitative estimate of drug-likeness (QED) is 0.832. The van der Waals surface area contributed by atoms with Crippen molar-refractivity contribution in [3.05, 3.63) is 70.1 Å². The third-order valence-electron chi connectivity index (χ3n) is 4.42. The summed E-state index contributed by atoms with van der Waals surface area (Å²) >= 11 is 0. The standard InChI is InChI=1S/C21H28N2O2/c1-15(2)17-8-10-18(11-9-17)21(16(3)4)22-19(24)12-14-23-13-6-5-7-20(23)25/h5-11,13,15-16,21H,12,14H2,1-4H3,(H,22,24). The molecule has 1 unspecified atom stereocenters. The molecular formula is C21H28N2O2. The van der Waals surface area contributed by atoms with Gasteiger partial charge in [0.05, 0.1) is 6.04 Å². The molecule has 0 radical (unpaired) electrons. The lowest BCUT2D eigenvalue weighted by molar-refractivity contribution is -0.122. The molecule has 2 aromatic rings. The lowest BCUT2D eigenvalue weighted by atomic mass is 9.93. The summed E-state index contributed by atoms with van der Waals surface area (Å²) in [6, 6.07) is 13.4. The second kappa shape index (κ2) is 8.65. The Hall–Kier alpha value is -2.36. The topological polar surface area (TPSA) is 51.1 Å². The van der Waals surface area contributed by atoms with Crippen LogP contribution in [0.2, 0.25) is 0 Å². The first-order valence-corrected chi connectivity index (χ1v) is 8.93.